The van der Waals surface area contributed by atoms with Crippen LogP contribution in [0.3, 0.4) is 0 Å². The second-order valence-corrected chi connectivity index (χ2v) is 7.51. The maximum atomic E-state index is 5.51. The van der Waals surface area contributed by atoms with E-state index in [4.69, 9.17) is 5.73 Å². The van der Waals surface area contributed by atoms with Gasteiger partial charge >= 0.3 is 0 Å². The van der Waals surface area contributed by atoms with Crippen molar-refractivity contribution in [1.82, 2.24) is 0 Å². The molecule has 0 radical (unpaired) electrons. The van der Waals surface area contributed by atoms with E-state index in [-0.39, 0.29) is 0 Å². The summed E-state index contributed by atoms with van der Waals surface area (Å²) in [5, 5.41) is 2.45. The first-order valence-corrected chi connectivity index (χ1v) is 11.0. The summed E-state index contributed by atoms with van der Waals surface area (Å²) in [5.74, 6) is 0. The first-order chi connectivity index (χ1) is 12.4. The van der Waals surface area contributed by atoms with Gasteiger partial charge in [-0.05, 0) is 25.8 Å². The van der Waals surface area contributed by atoms with Gasteiger partial charge in [0, 0.05) is 5.56 Å². The van der Waals surface area contributed by atoms with E-state index < -0.39 is 0 Å². The van der Waals surface area contributed by atoms with Gasteiger partial charge < -0.3 is 11.1 Å². The van der Waals surface area contributed by atoms with E-state index in [1.54, 1.807) is 0 Å². The lowest BCUT2D eigenvalue weighted by molar-refractivity contribution is -0.671. The second-order valence-electron chi connectivity index (χ2n) is 7.51. The molecular formula is C23H43N2+. The third-order valence-electron chi connectivity index (χ3n) is 5.09. The van der Waals surface area contributed by atoms with Crippen LogP contribution in [0.1, 0.15) is 95.5 Å². The Morgan fingerprint density at radius 2 is 1.00 bits per heavy atom. The maximum Gasteiger partial charge on any atom is 0.101 e. The zero-order valence-electron chi connectivity index (χ0n) is 16.6. The Morgan fingerprint density at radius 3 is 1.48 bits per heavy atom. The van der Waals surface area contributed by atoms with E-state index in [1.165, 1.54) is 102 Å². The summed E-state index contributed by atoms with van der Waals surface area (Å²) in [6.07, 6.45) is 19.7. The highest BCUT2D eigenvalue weighted by Gasteiger charge is 1.96. The molecule has 1 rings (SSSR count). The summed E-state index contributed by atoms with van der Waals surface area (Å²) in [4.78, 5) is 0. The smallest absolute Gasteiger partial charge is 0.101 e. The summed E-state index contributed by atoms with van der Waals surface area (Å²) < 4.78 is 0. The number of nitrogens with two attached hydrogens (primary N) is 2. The largest absolute Gasteiger partial charge is 0.343 e. The Labute approximate surface area is 157 Å². The van der Waals surface area contributed by atoms with Crippen molar-refractivity contribution < 1.29 is 5.32 Å². The Kier molecular flexibility index (Phi) is 15.9. The van der Waals surface area contributed by atoms with Crippen molar-refractivity contribution >= 4 is 0 Å². The van der Waals surface area contributed by atoms with Crippen LogP contribution in [0.2, 0.25) is 0 Å². The lowest BCUT2D eigenvalue weighted by atomic mass is 10.0. The Balaban J connectivity index is 1.69. The van der Waals surface area contributed by atoms with Gasteiger partial charge in [0.1, 0.15) is 6.54 Å². The minimum absolute atomic E-state index is 0.867. The molecule has 0 aromatic heterocycles. The number of rotatable bonds is 18. The first-order valence-electron chi connectivity index (χ1n) is 11.0. The van der Waals surface area contributed by atoms with E-state index >= 15 is 0 Å². The molecule has 0 spiro atoms. The quantitative estimate of drug-likeness (QED) is 0.353. The molecule has 0 atom stereocenters. The minimum atomic E-state index is 0.867. The van der Waals surface area contributed by atoms with E-state index in [2.05, 4.69) is 35.6 Å². The van der Waals surface area contributed by atoms with Gasteiger partial charge in [0.2, 0.25) is 0 Å². The van der Waals surface area contributed by atoms with Crippen LogP contribution < -0.4 is 11.1 Å². The molecule has 1 aromatic rings. The zero-order chi connectivity index (χ0) is 17.8. The fourth-order valence-corrected chi connectivity index (χ4v) is 3.44. The van der Waals surface area contributed by atoms with Crippen LogP contribution in [0.25, 0.3) is 0 Å². The van der Waals surface area contributed by atoms with E-state index in [1.807, 2.05) is 0 Å². The summed E-state index contributed by atoms with van der Waals surface area (Å²) in [5.41, 5.74) is 6.95. The predicted octanol–water partition coefficient (Wildman–Crippen LogP) is 5.17. The van der Waals surface area contributed by atoms with Crippen LogP contribution in [0.15, 0.2) is 30.3 Å². The third-order valence-corrected chi connectivity index (χ3v) is 5.09. The van der Waals surface area contributed by atoms with Crippen LogP contribution in [0, 0.1) is 0 Å². The van der Waals surface area contributed by atoms with E-state index in [0.717, 1.165) is 13.1 Å². The highest BCUT2D eigenvalue weighted by molar-refractivity contribution is 5.12. The van der Waals surface area contributed by atoms with Crippen molar-refractivity contribution in [2.45, 2.75) is 96.4 Å². The minimum Gasteiger partial charge on any atom is -0.343 e. The first kappa shape index (κ1) is 22.2. The fraction of sp³-hybridized carbons (Fsp3) is 0.739. The molecule has 144 valence electrons. The highest BCUT2D eigenvalue weighted by atomic mass is 14.8. The van der Waals surface area contributed by atoms with Crippen molar-refractivity contribution in [2.75, 3.05) is 13.1 Å². The molecule has 2 heteroatoms. The van der Waals surface area contributed by atoms with Crippen LogP contribution in [-0.2, 0) is 6.54 Å². The van der Waals surface area contributed by atoms with Gasteiger partial charge in [-0.3, -0.25) is 0 Å². The number of hydrogen-bond acceptors (Lipinski definition) is 1. The molecule has 0 unspecified atom stereocenters. The summed E-state index contributed by atoms with van der Waals surface area (Å²) in [6.45, 7) is 3.28. The van der Waals surface area contributed by atoms with Gasteiger partial charge in [-0.1, -0.05) is 101 Å². The van der Waals surface area contributed by atoms with Crippen LogP contribution in [0.5, 0.6) is 0 Å². The summed E-state index contributed by atoms with van der Waals surface area (Å²) in [7, 11) is 0. The predicted molar refractivity (Wildman–Crippen MR) is 111 cm³/mol. The van der Waals surface area contributed by atoms with Gasteiger partial charge in [-0.15, -0.1) is 0 Å². The second kappa shape index (κ2) is 17.9. The van der Waals surface area contributed by atoms with E-state index in [0.29, 0.717) is 0 Å². The Bertz CT molecular complexity index is 364. The molecule has 0 saturated carbocycles. The summed E-state index contributed by atoms with van der Waals surface area (Å²) >= 11 is 0. The summed E-state index contributed by atoms with van der Waals surface area (Å²) in [6, 6.07) is 10.8. The molecule has 2 nitrogen and oxygen atoms in total. The maximum absolute atomic E-state index is 5.51. The average Bonchev–Trinajstić information content (AvgIpc) is 2.65. The van der Waals surface area contributed by atoms with Gasteiger partial charge in [0.25, 0.3) is 0 Å². The monoisotopic (exact) mass is 347 g/mol. The van der Waals surface area contributed by atoms with Crippen molar-refractivity contribution in [3.63, 3.8) is 0 Å². The molecule has 4 N–H and O–H groups in total. The lowest BCUT2D eigenvalue weighted by Gasteiger charge is -2.04. The molecule has 0 aliphatic heterocycles. The van der Waals surface area contributed by atoms with Crippen molar-refractivity contribution in [3.8, 4) is 0 Å². The Hall–Kier alpha value is -0.860. The molecule has 1 aromatic carbocycles. The lowest BCUT2D eigenvalue weighted by Crippen LogP contribution is -2.82. The average molecular weight is 348 g/mol. The third kappa shape index (κ3) is 15.1. The van der Waals surface area contributed by atoms with Gasteiger partial charge in [-0.25, -0.2) is 0 Å². The van der Waals surface area contributed by atoms with Gasteiger partial charge in [-0.2, -0.15) is 0 Å². The van der Waals surface area contributed by atoms with Gasteiger partial charge in [0.05, 0.1) is 6.54 Å². The van der Waals surface area contributed by atoms with Crippen molar-refractivity contribution in [3.05, 3.63) is 35.9 Å². The standard InChI is InChI=1S/C23H42N2/c24-20-16-11-9-7-5-3-1-2-4-6-8-10-12-17-21-25-22-23-18-14-13-15-19-23/h13-15,18-19,25H,1-12,16-17,20-22,24H2/p+1. The topological polar surface area (TPSA) is 42.6 Å². The van der Waals surface area contributed by atoms with E-state index in [9.17, 15) is 0 Å². The number of hydrogen-bond donors (Lipinski definition) is 2. The molecule has 0 saturated heterocycles. The molecular weight excluding hydrogens is 304 g/mol. The zero-order valence-corrected chi connectivity index (χ0v) is 16.6. The molecule has 25 heavy (non-hydrogen) atoms. The number of benzene rings is 1. The normalized spacial score (nSPS) is 11.1. The van der Waals surface area contributed by atoms with Crippen LogP contribution in [-0.4, -0.2) is 13.1 Å². The molecule has 0 bridgehead atoms. The molecule has 0 aliphatic carbocycles. The van der Waals surface area contributed by atoms with Crippen molar-refractivity contribution in [1.29, 1.82) is 0 Å². The molecule has 0 amide bonds. The fourth-order valence-electron chi connectivity index (χ4n) is 3.44. The van der Waals surface area contributed by atoms with Crippen LogP contribution in [0.4, 0.5) is 0 Å². The highest BCUT2D eigenvalue weighted by Crippen LogP contribution is 2.12. The SMILES string of the molecule is NCCCCCCCCCCCCCCCC[NH2+]Cc1ccccc1. The van der Waals surface area contributed by atoms with Crippen LogP contribution >= 0.6 is 0 Å². The van der Waals surface area contributed by atoms with Crippen molar-refractivity contribution in [2.24, 2.45) is 5.73 Å². The Morgan fingerprint density at radius 1 is 0.560 bits per heavy atom. The number of unbranched alkanes of at least 4 members (excludes halogenated alkanes) is 13. The molecule has 0 fully saturated rings. The van der Waals surface area contributed by atoms with Gasteiger partial charge in [0.15, 0.2) is 0 Å². The molecule has 0 aliphatic rings. The number of quaternary nitrogens is 1. The molecule has 0 heterocycles.